The Bertz CT molecular complexity index is 1150. The van der Waals surface area contributed by atoms with Gasteiger partial charge in [-0.2, -0.15) is 0 Å². The number of unbranched alkanes of at least 4 members (excludes halogenated alkanes) is 35. The first-order valence-corrected chi connectivity index (χ1v) is 28.9. The summed E-state index contributed by atoms with van der Waals surface area (Å²) in [6.07, 6.45) is 59.5. The average molecular weight is 948 g/mol. The zero-order valence-electron chi connectivity index (χ0n) is 45.1. The van der Waals surface area contributed by atoms with E-state index < -0.39 is 18.1 Å². The van der Waals surface area contributed by atoms with E-state index in [9.17, 15) is 19.5 Å². The van der Waals surface area contributed by atoms with Crippen molar-refractivity contribution in [3.63, 3.8) is 0 Å². The van der Waals surface area contributed by atoms with Crippen molar-refractivity contribution in [1.82, 2.24) is 0 Å². The van der Waals surface area contributed by atoms with Crippen LogP contribution in [0, 0.1) is 0 Å². The highest BCUT2D eigenvalue weighted by Crippen LogP contribution is 2.17. The number of hydrogen-bond donors (Lipinski definition) is 1. The van der Waals surface area contributed by atoms with Gasteiger partial charge in [-0.15, -0.1) is 0 Å². The predicted molar refractivity (Wildman–Crippen MR) is 285 cm³/mol. The van der Waals surface area contributed by atoms with Crippen LogP contribution in [0.3, 0.4) is 0 Å². The second-order valence-electron chi connectivity index (χ2n) is 20.9. The summed E-state index contributed by atoms with van der Waals surface area (Å²) in [7, 11) is 5.55. The Morgan fingerprint density at radius 2 is 0.791 bits per heavy atom. The Kier molecular flexibility index (Phi) is 48.6. The fourth-order valence-electron chi connectivity index (χ4n) is 8.89. The lowest BCUT2D eigenvalue weighted by Gasteiger charge is -2.31. The van der Waals surface area contributed by atoms with E-state index >= 15 is 0 Å². The molecule has 2 unspecified atom stereocenters. The van der Waals surface area contributed by atoms with Crippen LogP contribution in [0.25, 0.3) is 0 Å². The molecule has 0 saturated heterocycles. The molecule has 0 radical (unpaired) electrons. The number of carboxylic acid groups (broad SMARTS) is 1. The Balaban J connectivity index is 4.16. The molecule has 0 heterocycles. The lowest BCUT2D eigenvalue weighted by molar-refractivity contribution is -0.887. The molecule has 0 spiro atoms. The smallest absolute Gasteiger partial charge is 0.362 e. The molecule has 0 aliphatic heterocycles. The van der Waals surface area contributed by atoms with E-state index in [0.29, 0.717) is 19.3 Å². The second-order valence-corrected chi connectivity index (χ2v) is 20.9. The maximum Gasteiger partial charge on any atom is 0.362 e. The quantitative estimate of drug-likeness (QED) is 0.0281. The Morgan fingerprint density at radius 1 is 0.448 bits per heavy atom. The molecule has 0 aromatic rings. The van der Waals surface area contributed by atoms with Crippen molar-refractivity contribution >= 4 is 17.9 Å². The van der Waals surface area contributed by atoms with Gasteiger partial charge in [0, 0.05) is 19.3 Å². The van der Waals surface area contributed by atoms with Crippen LogP contribution in [-0.4, -0.2) is 80.6 Å². The number of hydrogen-bond acceptors (Lipinski definition) is 6. The largest absolute Gasteiger partial charge is 0.477 e. The average Bonchev–Trinajstić information content (AvgIpc) is 3.29. The van der Waals surface area contributed by atoms with Gasteiger partial charge in [-0.25, -0.2) is 4.79 Å². The van der Waals surface area contributed by atoms with E-state index in [1.165, 1.54) is 199 Å². The summed E-state index contributed by atoms with van der Waals surface area (Å²) in [5, 5.41) is 9.68. The molecule has 2 atom stereocenters. The van der Waals surface area contributed by atoms with E-state index in [1.807, 2.05) is 21.1 Å². The number of ether oxygens (including phenoxy) is 3. The molecule has 1 N–H and O–H groups in total. The van der Waals surface area contributed by atoms with Gasteiger partial charge < -0.3 is 23.8 Å². The van der Waals surface area contributed by atoms with Crippen LogP contribution in [0.1, 0.15) is 284 Å². The third-order valence-electron chi connectivity index (χ3n) is 13.4. The highest BCUT2D eigenvalue weighted by atomic mass is 16.6. The molecule has 8 heteroatoms. The number of likely N-dealkylation sites (N-methyl/N-ethyl adjacent to an activating group) is 1. The number of aliphatic carboxylic acids is 1. The molecule has 0 aliphatic rings. The minimum atomic E-state index is -0.871. The van der Waals surface area contributed by atoms with Crippen molar-refractivity contribution in [2.45, 2.75) is 296 Å². The number of esters is 2. The standard InChI is InChI=1S/C59H111NO7/c1-6-8-10-12-14-16-18-20-22-24-26-28-30-31-33-35-37-39-41-43-45-47-49-57(61)66-54-55(53-65-52-51-56(59(63)64)60(3,4)5)67-58(62)50-48-46-44-42-40-38-36-34-32-29-27-25-23-21-19-17-15-13-11-9-7-2/h24,26,30-31,55-56H,6-23,25,27-29,32-54H2,1-5H3/p+1/b26-24+,31-30+. The highest BCUT2D eigenvalue weighted by Gasteiger charge is 2.31. The SMILES string of the molecule is CCCCCCCCCC/C=C/C/C=C/CCCCCCCCCC(=O)OCC(COCCC(C(=O)O)[N+](C)(C)C)OC(=O)CCCCCCCCCCCCCCCCCCCCCCC. The van der Waals surface area contributed by atoms with Gasteiger partial charge in [0.15, 0.2) is 12.1 Å². The molecule has 0 rings (SSSR count). The van der Waals surface area contributed by atoms with Crippen molar-refractivity contribution in [3.05, 3.63) is 24.3 Å². The minimum absolute atomic E-state index is 0.0500. The van der Waals surface area contributed by atoms with Gasteiger partial charge in [0.05, 0.1) is 34.4 Å². The summed E-state index contributed by atoms with van der Waals surface area (Å²) in [5.74, 6) is -1.45. The van der Waals surface area contributed by atoms with Crippen molar-refractivity contribution in [2.24, 2.45) is 0 Å². The van der Waals surface area contributed by atoms with Gasteiger partial charge in [-0.1, -0.05) is 244 Å². The second kappa shape index (κ2) is 50.2. The minimum Gasteiger partial charge on any atom is -0.477 e. The highest BCUT2D eigenvalue weighted by molar-refractivity contribution is 5.72. The van der Waals surface area contributed by atoms with Crippen LogP contribution >= 0.6 is 0 Å². The molecule has 67 heavy (non-hydrogen) atoms. The topological polar surface area (TPSA) is 99.1 Å². The van der Waals surface area contributed by atoms with Crippen molar-refractivity contribution in [2.75, 3.05) is 41.0 Å². The number of allylic oxidation sites excluding steroid dienone is 4. The molecule has 0 fully saturated rings. The summed E-state index contributed by atoms with van der Waals surface area (Å²) in [4.78, 5) is 37.3. The Labute approximate surface area is 415 Å². The van der Waals surface area contributed by atoms with Crippen LogP contribution in [0.5, 0.6) is 0 Å². The summed E-state index contributed by atoms with van der Waals surface area (Å²) < 4.78 is 17.4. The zero-order valence-corrected chi connectivity index (χ0v) is 45.1. The van der Waals surface area contributed by atoms with Crippen molar-refractivity contribution in [3.8, 4) is 0 Å². The normalized spacial score (nSPS) is 12.9. The molecule has 8 nitrogen and oxygen atoms in total. The summed E-state index contributed by atoms with van der Waals surface area (Å²) in [6.45, 7) is 4.79. The number of nitrogens with zero attached hydrogens (tertiary/aromatic N) is 1. The number of carboxylic acids is 1. The van der Waals surface area contributed by atoms with E-state index in [4.69, 9.17) is 14.2 Å². The molecule has 0 saturated carbocycles. The molecule has 0 bridgehead atoms. The maximum atomic E-state index is 12.8. The van der Waals surface area contributed by atoms with Crippen LogP contribution in [0.15, 0.2) is 24.3 Å². The van der Waals surface area contributed by atoms with E-state index in [-0.39, 0.29) is 36.2 Å². The predicted octanol–water partition coefficient (Wildman–Crippen LogP) is 17.2. The van der Waals surface area contributed by atoms with Gasteiger partial charge >= 0.3 is 17.9 Å². The first kappa shape index (κ1) is 64.8. The molecule has 394 valence electrons. The molecule has 0 aromatic carbocycles. The first-order chi connectivity index (χ1) is 32.6. The molecular weight excluding hydrogens is 835 g/mol. The van der Waals surface area contributed by atoms with Crippen LogP contribution in [0.4, 0.5) is 0 Å². The van der Waals surface area contributed by atoms with E-state index in [0.717, 1.165) is 51.4 Å². The molecule has 0 amide bonds. The summed E-state index contributed by atoms with van der Waals surface area (Å²) >= 11 is 0. The number of carbonyl (C=O) groups is 3. The van der Waals surface area contributed by atoms with Gasteiger partial charge in [-0.05, 0) is 44.9 Å². The fraction of sp³-hybridized carbons (Fsp3) is 0.881. The number of quaternary nitrogens is 1. The van der Waals surface area contributed by atoms with Gasteiger partial charge in [0.25, 0.3) is 0 Å². The summed E-state index contributed by atoms with van der Waals surface area (Å²) in [6, 6.07) is -0.614. The van der Waals surface area contributed by atoms with Crippen molar-refractivity contribution in [1.29, 1.82) is 0 Å². The van der Waals surface area contributed by atoms with Crippen LogP contribution < -0.4 is 0 Å². The third-order valence-corrected chi connectivity index (χ3v) is 13.4. The molecule has 0 aliphatic carbocycles. The number of carbonyl (C=O) groups excluding carboxylic acids is 2. The lowest BCUT2D eigenvalue weighted by Crippen LogP contribution is -2.50. The monoisotopic (exact) mass is 947 g/mol. The van der Waals surface area contributed by atoms with E-state index in [2.05, 4.69) is 38.2 Å². The first-order valence-electron chi connectivity index (χ1n) is 28.9. The Hall–Kier alpha value is -2.19. The van der Waals surface area contributed by atoms with E-state index in [1.54, 1.807) is 0 Å². The van der Waals surface area contributed by atoms with Gasteiger partial charge in [0.2, 0.25) is 0 Å². The molecular formula is C59H112NO7+. The maximum absolute atomic E-state index is 12.8. The van der Waals surface area contributed by atoms with Gasteiger partial charge in [-0.3, -0.25) is 9.59 Å². The third kappa shape index (κ3) is 48.6. The number of rotatable bonds is 53. The fourth-order valence-corrected chi connectivity index (χ4v) is 8.89. The van der Waals surface area contributed by atoms with Gasteiger partial charge in [0.1, 0.15) is 6.61 Å². The lowest BCUT2D eigenvalue weighted by atomic mass is 10.0. The molecule has 0 aromatic heterocycles. The summed E-state index contributed by atoms with van der Waals surface area (Å²) in [5.41, 5.74) is 0. The Morgan fingerprint density at radius 3 is 1.15 bits per heavy atom. The zero-order chi connectivity index (χ0) is 49.2. The van der Waals surface area contributed by atoms with Crippen LogP contribution in [-0.2, 0) is 28.6 Å². The van der Waals surface area contributed by atoms with Crippen LogP contribution in [0.2, 0.25) is 0 Å². The van der Waals surface area contributed by atoms with Crippen molar-refractivity contribution < 1.29 is 38.2 Å².